The quantitative estimate of drug-likeness (QED) is 0.727. The molecule has 3 rings (SSSR count). The van der Waals surface area contributed by atoms with E-state index in [0.717, 1.165) is 34.5 Å². The fourth-order valence-electron chi connectivity index (χ4n) is 2.50. The number of benzene rings is 2. The largest absolute Gasteiger partial charge is 0.398 e. The van der Waals surface area contributed by atoms with E-state index in [4.69, 9.17) is 5.73 Å². The van der Waals surface area contributed by atoms with Crippen LogP contribution in [0.2, 0.25) is 0 Å². The van der Waals surface area contributed by atoms with E-state index in [-0.39, 0.29) is 0 Å². The Hall–Kier alpha value is -2.55. The van der Waals surface area contributed by atoms with Crippen LogP contribution >= 0.6 is 0 Å². The van der Waals surface area contributed by atoms with Crippen molar-refractivity contribution in [1.29, 1.82) is 0 Å². The van der Waals surface area contributed by atoms with Crippen LogP contribution in [0.3, 0.4) is 0 Å². The molecule has 0 aliphatic heterocycles. The first-order chi connectivity index (χ1) is 9.81. The second kappa shape index (κ2) is 5.21. The third kappa shape index (κ3) is 2.07. The number of hydrogen-bond donors (Lipinski definition) is 1. The number of anilines is 3. The van der Waals surface area contributed by atoms with Crippen LogP contribution in [-0.2, 0) is 0 Å². The van der Waals surface area contributed by atoms with Gasteiger partial charge in [-0.2, -0.15) is 0 Å². The number of rotatable bonds is 3. The summed E-state index contributed by atoms with van der Waals surface area (Å²) in [6.45, 7) is 3.01. The lowest BCUT2D eigenvalue weighted by molar-refractivity contribution is 1.03. The zero-order valence-electron chi connectivity index (χ0n) is 11.5. The number of fused-ring (bicyclic) bond motifs is 1. The predicted molar refractivity (Wildman–Crippen MR) is 85.3 cm³/mol. The van der Waals surface area contributed by atoms with E-state index < -0.39 is 0 Å². The fraction of sp³-hybridized carbons (Fsp3) is 0.118. The van der Waals surface area contributed by atoms with Crippen molar-refractivity contribution < 1.29 is 0 Å². The monoisotopic (exact) mass is 263 g/mol. The SMILES string of the molecule is CCN(c1ccccc1)c1ccc(N)c2cccnc12. The molecule has 0 bridgehead atoms. The Balaban J connectivity index is 2.21. The molecule has 0 spiro atoms. The minimum atomic E-state index is 0.765. The van der Waals surface area contributed by atoms with Gasteiger partial charge < -0.3 is 10.6 Å². The van der Waals surface area contributed by atoms with Crippen molar-refractivity contribution in [2.75, 3.05) is 17.2 Å². The summed E-state index contributed by atoms with van der Waals surface area (Å²) in [6.07, 6.45) is 1.81. The Morgan fingerprint density at radius 2 is 1.80 bits per heavy atom. The Morgan fingerprint density at radius 3 is 2.55 bits per heavy atom. The minimum absolute atomic E-state index is 0.765. The molecule has 0 saturated heterocycles. The van der Waals surface area contributed by atoms with Gasteiger partial charge in [0.15, 0.2) is 0 Å². The number of nitrogen functional groups attached to an aromatic ring is 1. The Kier molecular flexibility index (Phi) is 3.25. The fourth-order valence-corrected chi connectivity index (χ4v) is 2.50. The van der Waals surface area contributed by atoms with Crippen molar-refractivity contribution in [3.05, 3.63) is 60.8 Å². The molecule has 1 heterocycles. The van der Waals surface area contributed by atoms with Crippen molar-refractivity contribution in [3.63, 3.8) is 0 Å². The summed E-state index contributed by atoms with van der Waals surface area (Å²) in [5, 5.41) is 0.999. The number of hydrogen-bond acceptors (Lipinski definition) is 3. The molecule has 0 aliphatic rings. The number of pyridine rings is 1. The maximum absolute atomic E-state index is 6.05. The summed E-state index contributed by atoms with van der Waals surface area (Å²) >= 11 is 0. The lowest BCUT2D eigenvalue weighted by atomic mass is 10.1. The van der Waals surface area contributed by atoms with Gasteiger partial charge in [0.05, 0.1) is 11.2 Å². The summed E-state index contributed by atoms with van der Waals surface area (Å²) < 4.78 is 0. The third-order valence-corrected chi connectivity index (χ3v) is 3.46. The van der Waals surface area contributed by atoms with Crippen molar-refractivity contribution in [2.24, 2.45) is 0 Å². The molecule has 20 heavy (non-hydrogen) atoms. The average molecular weight is 263 g/mol. The molecule has 2 N–H and O–H groups in total. The molecule has 0 radical (unpaired) electrons. The van der Waals surface area contributed by atoms with Gasteiger partial charge in [0, 0.05) is 29.5 Å². The molecule has 0 unspecified atom stereocenters. The van der Waals surface area contributed by atoms with Gasteiger partial charge in [-0.05, 0) is 43.3 Å². The van der Waals surface area contributed by atoms with E-state index in [1.807, 2.05) is 48.7 Å². The molecule has 0 amide bonds. The molecule has 0 aliphatic carbocycles. The van der Waals surface area contributed by atoms with Crippen LogP contribution in [-0.4, -0.2) is 11.5 Å². The highest BCUT2D eigenvalue weighted by atomic mass is 15.1. The van der Waals surface area contributed by atoms with E-state index >= 15 is 0 Å². The molecular formula is C17H17N3. The zero-order chi connectivity index (χ0) is 13.9. The summed E-state index contributed by atoms with van der Waals surface area (Å²) in [5.74, 6) is 0. The highest BCUT2D eigenvalue weighted by molar-refractivity contribution is 5.99. The molecule has 100 valence electrons. The Morgan fingerprint density at radius 1 is 1.00 bits per heavy atom. The van der Waals surface area contributed by atoms with Gasteiger partial charge >= 0.3 is 0 Å². The van der Waals surface area contributed by atoms with Gasteiger partial charge in [0.1, 0.15) is 0 Å². The maximum atomic E-state index is 6.05. The first-order valence-electron chi connectivity index (χ1n) is 6.77. The molecule has 0 saturated carbocycles. The zero-order valence-corrected chi connectivity index (χ0v) is 11.5. The maximum Gasteiger partial charge on any atom is 0.0959 e. The summed E-state index contributed by atoms with van der Waals surface area (Å²) in [5.41, 5.74) is 10.0. The standard InChI is InChI=1S/C17H17N3/c1-2-20(13-7-4-3-5-8-13)16-11-10-15(18)14-9-6-12-19-17(14)16/h3-12H,2,18H2,1H3. The molecule has 3 heteroatoms. The van der Waals surface area contributed by atoms with Crippen LogP contribution < -0.4 is 10.6 Å². The predicted octanol–water partition coefficient (Wildman–Crippen LogP) is 3.98. The average Bonchev–Trinajstić information content (AvgIpc) is 2.52. The van der Waals surface area contributed by atoms with Gasteiger partial charge in [-0.25, -0.2) is 0 Å². The first kappa shape index (κ1) is 12.5. The molecule has 1 aromatic heterocycles. The number of nitrogens with zero attached hydrogens (tertiary/aromatic N) is 2. The molecule has 2 aromatic carbocycles. The molecular weight excluding hydrogens is 246 g/mol. The van der Waals surface area contributed by atoms with Gasteiger partial charge in [-0.15, -0.1) is 0 Å². The van der Waals surface area contributed by atoms with Crippen LogP contribution in [0.1, 0.15) is 6.92 Å². The second-order valence-corrected chi connectivity index (χ2v) is 4.65. The van der Waals surface area contributed by atoms with Crippen LogP contribution in [0.15, 0.2) is 60.8 Å². The van der Waals surface area contributed by atoms with Crippen molar-refractivity contribution in [1.82, 2.24) is 4.98 Å². The summed E-state index contributed by atoms with van der Waals surface area (Å²) in [7, 11) is 0. The highest BCUT2D eigenvalue weighted by Gasteiger charge is 2.12. The summed E-state index contributed by atoms with van der Waals surface area (Å²) in [4.78, 5) is 6.76. The van der Waals surface area contributed by atoms with Gasteiger partial charge in [0.25, 0.3) is 0 Å². The lowest BCUT2D eigenvalue weighted by Gasteiger charge is -2.24. The van der Waals surface area contributed by atoms with Crippen LogP contribution in [0.4, 0.5) is 17.1 Å². The number of para-hydroxylation sites is 1. The second-order valence-electron chi connectivity index (χ2n) is 4.65. The van der Waals surface area contributed by atoms with E-state index in [0.29, 0.717) is 0 Å². The normalized spacial score (nSPS) is 10.7. The lowest BCUT2D eigenvalue weighted by Crippen LogP contribution is -2.16. The van der Waals surface area contributed by atoms with Gasteiger partial charge in [0.2, 0.25) is 0 Å². The van der Waals surface area contributed by atoms with Gasteiger partial charge in [-0.3, -0.25) is 4.98 Å². The number of aromatic nitrogens is 1. The van der Waals surface area contributed by atoms with E-state index in [2.05, 4.69) is 28.9 Å². The summed E-state index contributed by atoms with van der Waals surface area (Å²) in [6, 6.07) is 18.3. The van der Waals surface area contributed by atoms with E-state index in [9.17, 15) is 0 Å². The molecule has 3 aromatic rings. The topological polar surface area (TPSA) is 42.1 Å². The van der Waals surface area contributed by atoms with E-state index in [1.165, 1.54) is 0 Å². The van der Waals surface area contributed by atoms with Crippen LogP contribution in [0, 0.1) is 0 Å². The van der Waals surface area contributed by atoms with E-state index in [1.54, 1.807) is 0 Å². The first-order valence-corrected chi connectivity index (χ1v) is 6.77. The molecule has 0 fully saturated rings. The smallest absolute Gasteiger partial charge is 0.0959 e. The van der Waals surface area contributed by atoms with Gasteiger partial charge in [-0.1, -0.05) is 18.2 Å². The number of nitrogens with two attached hydrogens (primary N) is 1. The molecule has 3 nitrogen and oxygen atoms in total. The highest BCUT2D eigenvalue weighted by Crippen LogP contribution is 2.33. The molecule has 0 atom stereocenters. The van der Waals surface area contributed by atoms with Crippen molar-refractivity contribution in [2.45, 2.75) is 6.92 Å². The van der Waals surface area contributed by atoms with Crippen LogP contribution in [0.5, 0.6) is 0 Å². The van der Waals surface area contributed by atoms with Crippen LogP contribution in [0.25, 0.3) is 10.9 Å². The Bertz CT molecular complexity index is 723. The minimum Gasteiger partial charge on any atom is -0.398 e. The van der Waals surface area contributed by atoms with Crippen molar-refractivity contribution in [3.8, 4) is 0 Å². The third-order valence-electron chi connectivity index (χ3n) is 3.46. The van der Waals surface area contributed by atoms with Crippen molar-refractivity contribution >= 4 is 28.0 Å². The Labute approximate surface area is 118 Å².